The first-order chi connectivity index (χ1) is 6.93. The number of rotatable bonds is 8. The molecule has 0 bridgehead atoms. The summed E-state index contributed by atoms with van der Waals surface area (Å²) in [6.07, 6.45) is -0.0873. The molecule has 6 N–H and O–H groups in total. The molecule has 0 spiro atoms. The van der Waals surface area contributed by atoms with Crippen molar-refractivity contribution in [2.45, 2.75) is 18.9 Å². The first-order valence-corrected chi connectivity index (χ1v) is 4.14. The number of carbonyl (C=O) groups excluding carboxylic acids is 1. The Labute approximate surface area is 85.4 Å². The van der Waals surface area contributed by atoms with Crippen LogP contribution in [0.4, 0.5) is 0 Å². The number of hydrogen-bond donors (Lipinski definition) is 5. The molecule has 0 aliphatic rings. The van der Waals surface area contributed by atoms with E-state index in [0.717, 1.165) is 0 Å². The van der Waals surface area contributed by atoms with E-state index in [1.165, 1.54) is 0 Å². The number of carboxylic acids is 2. The van der Waals surface area contributed by atoms with Gasteiger partial charge in [-0.3, -0.25) is 14.4 Å². The fourth-order valence-electron chi connectivity index (χ4n) is 0.794. The van der Waals surface area contributed by atoms with Crippen molar-refractivity contribution in [3.63, 3.8) is 0 Å². The normalized spacial score (nSPS) is 12.0. The summed E-state index contributed by atoms with van der Waals surface area (Å²) in [5.41, 5.74) is 9.32. The van der Waals surface area contributed by atoms with Crippen LogP contribution in [0.1, 0.15) is 12.8 Å². The molecule has 0 radical (unpaired) electrons. The van der Waals surface area contributed by atoms with E-state index in [4.69, 9.17) is 15.9 Å². The van der Waals surface area contributed by atoms with E-state index in [1.807, 2.05) is 0 Å². The van der Waals surface area contributed by atoms with E-state index in [9.17, 15) is 14.4 Å². The number of hydrogen-bond acceptors (Lipinski definition) is 5. The molecular formula is C7H13N3O5. The topological polar surface area (TPSA) is 142 Å². The molecule has 86 valence electrons. The van der Waals surface area contributed by atoms with Gasteiger partial charge >= 0.3 is 11.9 Å². The molecule has 8 nitrogen and oxygen atoms in total. The molecule has 0 aliphatic carbocycles. The van der Waals surface area contributed by atoms with Gasteiger partial charge in [-0.2, -0.15) is 0 Å². The van der Waals surface area contributed by atoms with Crippen LogP contribution in [0.15, 0.2) is 0 Å². The van der Waals surface area contributed by atoms with Crippen LogP contribution in [-0.2, 0) is 14.4 Å². The number of carbonyl (C=O) groups is 3. The van der Waals surface area contributed by atoms with Crippen LogP contribution >= 0.6 is 0 Å². The molecule has 0 saturated carbocycles. The highest BCUT2D eigenvalue weighted by Crippen LogP contribution is 1.95. The van der Waals surface area contributed by atoms with Crippen LogP contribution in [0, 0.1) is 0 Å². The molecule has 0 aromatic rings. The average Bonchev–Trinajstić information content (AvgIpc) is 2.09. The lowest BCUT2D eigenvalue weighted by molar-refractivity contribution is -0.141. The van der Waals surface area contributed by atoms with Crippen molar-refractivity contribution in [1.82, 2.24) is 10.9 Å². The van der Waals surface area contributed by atoms with Gasteiger partial charge in [0.25, 0.3) is 0 Å². The fourth-order valence-corrected chi connectivity index (χ4v) is 0.794. The second-order valence-corrected chi connectivity index (χ2v) is 2.79. The summed E-state index contributed by atoms with van der Waals surface area (Å²) in [6.45, 7) is -0.416. The molecule has 1 amide bonds. The van der Waals surface area contributed by atoms with Crippen molar-refractivity contribution in [2.75, 3.05) is 6.54 Å². The van der Waals surface area contributed by atoms with E-state index < -0.39 is 30.4 Å². The summed E-state index contributed by atoms with van der Waals surface area (Å²) in [7, 11) is 0. The number of nitrogens with one attached hydrogen (secondary N) is 2. The number of nitrogens with two attached hydrogens (primary N) is 1. The first-order valence-electron chi connectivity index (χ1n) is 4.14. The highest BCUT2D eigenvalue weighted by molar-refractivity contribution is 5.77. The molecule has 0 saturated heterocycles. The van der Waals surface area contributed by atoms with Crippen LogP contribution < -0.4 is 16.6 Å². The Morgan fingerprint density at radius 3 is 2.27 bits per heavy atom. The lowest BCUT2D eigenvalue weighted by Gasteiger charge is -2.13. The molecule has 8 heteroatoms. The molecule has 0 aliphatic heterocycles. The van der Waals surface area contributed by atoms with Gasteiger partial charge in [0.15, 0.2) is 0 Å². The predicted molar refractivity (Wildman–Crippen MR) is 48.6 cm³/mol. The van der Waals surface area contributed by atoms with Crippen molar-refractivity contribution in [3.8, 4) is 0 Å². The maximum Gasteiger partial charge on any atom is 0.322 e. The number of hydrazine groups is 1. The smallest absolute Gasteiger partial charge is 0.322 e. The van der Waals surface area contributed by atoms with Gasteiger partial charge in [-0.15, -0.1) is 0 Å². The summed E-state index contributed by atoms with van der Waals surface area (Å²) in [6, 6.07) is -1.04. The van der Waals surface area contributed by atoms with Crippen LogP contribution in [0.5, 0.6) is 0 Å². The van der Waals surface area contributed by atoms with E-state index in [1.54, 1.807) is 0 Å². The molecular weight excluding hydrogens is 206 g/mol. The highest BCUT2D eigenvalue weighted by atomic mass is 16.4. The SMILES string of the molecule is NC(=O)CC[C@H](NNCC(=O)O)C(=O)O. The van der Waals surface area contributed by atoms with Gasteiger partial charge in [0.1, 0.15) is 12.6 Å². The van der Waals surface area contributed by atoms with Crippen molar-refractivity contribution in [3.05, 3.63) is 0 Å². The zero-order valence-corrected chi connectivity index (χ0v) is 7.90. The van der Waals surface area contributed by atoms with E-state index in [-0.39, 0.29) is 12.8 Å². The van der Waals surface area contributed by atoms with Crippen LogP contribution in [0.2, 0.25) is 0 Å². The van der Waals surface area contributed by atoms with Crippen molar-refractivity contribution in [2.24, 2.45) is 5.73 Å². The lowest BCUT2D eigenvalue weighted by Crippen LogP contribution is -2.47. The minimum atomic E-state index is -1.19. The fraction of sp³-hybridized carbons (Fsp3) is 0.571. The third kappa shape index (κ3) is 7.40. The van der Waals surface area contributed by atoms with Crippen LogP contribution in [-0.4, -0.2) is 40.6 Å². The second kappa shape index (κ2) is 6.74. The lowest BCUT2D eigenvalue weighted by atomic mass is 10.1. The Morgan fingerprint density at radius 2 is 1.87 bits per heavy atom. The Morgan fingerprint density at radius 1 is 1.27 bits per heavy atom. The summed E-state index contributed by atoms with van der Waals surface area (Å²) < 4.78 is 0. The zero-order chi connectivity index (χ0) is 11.8. The van der Waals surface area contributed by atoms with Gasteiger partial charge < -0.3 is 15.9 Å². The monoisotopic (exact) mass is 219 g/mol. The largest absolute Gasteiger partial charge is 0.480 e. The molecule has 0 rings (SSSR count). The number of primary amides is 1. The van der Waals surface area contributed by atoms with Crippen molar-refractivity contribution in [1.29, 1.82) is 0 Å². The standard InChI is InChI=1S/C7H13N3O5/c8-5(11)2-1-4(7(14)15)10-9-3-6(12)13/h4,9-10H,1-3H2,(H2,8,11)(H,12,13)(H,14,15)/t4-/m0/s1. The van der Waals surface area contributed by atoms with E-state index in [0.29, 0.717) is 0 Å². The maximum absolute atomic E-state index is 10.6. The third-order valence-corrected chi connectivity index (χ3v) is 1.49. The van der Waals surface area contributed by atoms with Gasteiger partial charge in [0.2, 0.25) is 5.91 Å². The molecule has 0 aromatic carbocycles. The third-order valence-electron chi connectivity index (χ3n) is 1.49. The second-order valence-electron chi connectivity index (χ2n) is 2.79. The average molecular weight is 219 g/mol. The molecule has 0 heterocycles. The summed E-state index contributed by atoms with van der Waals surface area (Å²) in [5, 5.41) is 16.9. The van der Waals surface area contributed by atoms with E-state index >= 15 is 0 Å². The number of aliphatic carboxylic acids is 2. The minimum absolute atomic E-state index is 0.00269. The molecule has 0 unspecified atom stereocenters. The number of carboxylic acid groups (broad SMARTS) is 2. The first kappa shape index (κ1) is 13.3. The Bertz CT molecular complexity index is 255. The zero-order valence-electron chi connectivity index (χ0n) is 7.90. The van der Waals surface area contributed by atoms with Gasteiger partial charge in [0.05, 0.1) is 0 Å². The summed E-state index contributed by atoms with van der Waals surface area (Å²) >= 11 is 0. The summed E-state index contributed by atoms with van der Waals surface area (Å²) in [4.78, 5) is 31.1. The molecule has 1 atom stereocenters. The van der Waals surface area contributed by atoms with Gasteiger partial charge in [0, 0.05) is 6.42 Å². The van der Waals surface area contributed by atoms with E-state index in [2.05, 4.69) is 10.9 Å². The van der Waals surface area contributed by atoms with Crippen molar-refractivity contribution < 1.29 is 24.6 Å². The molecule has 0 fully saturated rings. The quantitative estimate of drug-likeness (QED) is 0.294. The Balaban J connectivity index is 3.88. The predicted octanol–water partition coefficient (Wildman–Crippen LogP) is -2.12. The van der Waals surface area contributed by atoms with Gasteiger partial charge in [-0.05, 0) is 6.42 Å². The summed E-state index contributed by atoms with van der Waals surface area (Å²) in [5.74, 6) is -2.92. The molecule has 0 aromatic heterocycles. The van der Waals surface area contributed by atoms with Crippen molar-refractivity contribution >= 4 is 17.8 Å². The van der Waals surface area contributed by atoms with Gasteiger partial charge in [-0.25, -0.2) is 10.9 Å². The van der Waals surface area contributed by atoms with Crippen LogP contribution in [0.25, 0.3) is 0 Å². The number of amides is 1. The Kier molecular flexibility index (Phi) is 5.99. The molecule has 15 heavy (non-hydrogen) atoms. The minimum Gasteiger partial charge on any atom is -0.480 e. The van der Waals surface area contributed by atoms with Crippen LogP contribution in [0.3, 0.4) is 0 Å². The maximum atomic E-state index is 10.6. The highest BCUT2D eigenvalue weighted by Gasteiger charge is 2.17. The van der Waals surface area contributed by atoms with Gasteiger partial charge in [-0.1, -0.05) is 0 Å². The Hall–Kier alpha value is -1.67.